The lowest BCUT2D eigenvalue weighted by molar-refractivity contribution is 0.0166. The van der Waals surface area contributed by atoms with Crippen LogP contribution in [0.2, 0.25) is 0 Å². The average Bonchev–Trinajstić information content (AvgIpc) is 2.13. The minimum atomic E-state index is -4.60. The molecule has 0 aromatic heterocycles. The highest BCUT2D eigenvalue weighted by molar-refractivity contribution is 7.87. The predicted octanol–water partition coefficient (Wildman–Crippen LogP) is -0.734. The van der Waals surface area contributed by atoms with Crippen LogP contribution in [-0.2, 0) is 25.0 Å². The van der Waals surface area contributed by atoms with Crippen molar-refractivity contribution in [3.8, 4) is 0 Å². The molecule has 8 nitrogen and oxygen atoms in total. The third-order valence-corrected chi connectivity index (χ3v) is 3.68. The summed E-state index contributed by atoms with van der Waals surface area (Å²) in [5, 5.41) is 9.13. The molecular formula is C7H16O8S2. The van der Waals surface area contributed by atoms with Crippen LogP contribution in [-0.4, -0.2) is 54.9 Å². The molecule has 0 fully saturated rings. The lowest BCUT2D eigenvalue weighted by atomic mass is 10.3. The fourth-order valence-corrected chi connectivity index (χ4v) is 2.23. The summed E-state index contributed by atoms with van der Waals surface area (Å²) in [7, 11) is -8.94. The van der Waals surface area contributed by atoms with Gasteiger partial charge in [0.15, 0.2) is 5.44 Å². The number of ether oxygens (including phenoxy) is 1. The van der Waals surface area contributed by atoms with E-state index in [0.717, 1.165) is 0 Å². The summed E-state index contributed by atoms with van der Waals surface area (Å²) in [6.45, 7) is 1.28. The van der Waals surface area contributed by atoms with Crippen LogP contribution < -0.4 is 0 Å². The molecule has 0 saturated heterocycles. The van der Waals surface area contributed by atoms with Crippen molar-refractivity contribution in [2.24, 2.45) is 0 Å². The van der Waals surface area contributed by atoms with Gasteiger partial charge in [0.25, 0.3) is 20.2 Å². The van der Waals surface area contributed by atoms with Gasteiger partial charge in [0, 0.05) is 6.42 Å². The lowest BCUT2D eigenvalue weighted by Crippen LogP contribution is -2.30. The molecule has 2 unspecified atom stereocenters. The minimum absolute atomic E-state index is 0.316. The van der Waals surface area contributed by atoms with Crippen molar-refractivity contribution >= 4 is 20.2 Å². The summed E-state index contributed by atoms with van der Waals surface area (Å²) in [6, 6.07) is 0. The molecule has 0 heterocycles. The normalized spacial score (nSPS) is 16.7. The van der Waals surface area contributed by atoms with E-state index in [1.165, 1.54) is 0 Å². The molecule has 2 atom stereocenters. The van der Waals surface area contributed by atoms with E-state index in [2.05, 4.69) is 0 Å². The highest BCUT2D eigenvalue weighted by Gasteiger charge is 2.26. The van der Waals surface area contributed by atoms with Gasteiger partial charge in [-0.2, -0.15) is 16.8 Å². The molecule has 104 valence electrons. The molecule has 10 heteroatoms. The van der Waals surface area contributed by atoms with Gasteiger partial charge in [-0.1, -0.05) is 6.92 Å². The van der Waals surface area contributed by atoms with Crippen molar-refractivity contribution in [2.45, 2.75) is 31.3 Å². The van der Waals surface area contributed by atoms with Crippen LogP contribution >= 0.6 is 0 Å². The Balaban J connectivity index is 4.47. The van der Waals surface area contributed by atoms with E-state index in [0.29, 0.717) is 6.42 Å². The molecule has 0 aliphatic carbocycles. The van der Waals surface area contributed by atoms with Gasteiger partial charge in [-0.05, 0) is 6.42 Å². The summed E-state index contributed by atoms with van der Waals surface area (Å²) < 4.78 is 64.4. The summed E-state index contributed by atoms with van der Waals surface area (Å²) in [4.78, 5) is 0. The molecule has 3 N–H and O–H groups in total. The SMILES string of the molecule is CCC(O)COC(CCS(=O)(=O)O)S(=O)(=O)O. The standard InChI is InChI=1S/C7H16O8S2/c1-2-6(8)5-15-7(17(12,13)14)3-4-16(9,10)11/h6-8H,2-5H2,1H3,(H,9,10,11)(H,12,13,14). The summed E-state index contributed by atoms with van der Waals surface area (Å²) in [5.41, 5.74) is -1.79. The second-order valence-electron chi connectivity index (χ2n) is 3.41. The third kappa shape index (κ3) is 8.46. The molecule has 0 radical (unpaired) electrons. The Morgan fingerprint density at radius 2 is 1.71 bits per heavy atom. The largest absolute Gasteiger partial charge is 0.391 e. The van der Waals surface area contributed by atoms with Crippen LogP contribution in [0.15, 0.2) is 0 Å². The number of hydrogen-bond donors (Lipinski definition) is 3. The molecular weight excluding hydrogens is 276 g/mol. The molecule has 0 rings (SSSR count). The molecule has 0 bridgehead atoms. The first-order valence-electron chi connectivity index (χ1n) is 4.77. The van der Waals surface area contributed by atoms with Gasteiger partial charge in [0.2, 0.25) is 0 Å². The zero-order chi connectivity index (χ0) is 13.7. The van der Waals surface area contributed by atoms with Gasteiger partial charge < -0.3 is 9.84 Å². The lowest BCUT2D eigenvalue weighted by Gasteiger charge is -2.16. The maximum atomic E-state index is 10.8. The van der Waals surface area contributed by atoms with E-state index in [-0.39, 0.29) is 6.61 Å². The Bertz CT molecular complexity index is 411. The zero-order valence-corrected chi connectivity index (χ0v) is 10.8. The summed E-state index contributed by atoms with van der Waals surface area (Å²) in [5.74, 6) is -0.861. The second-order valence-corrected chi connectivity index (χ2v) is 6.54. The van der Waals surface area contributed by atoms with E-state index in [9.17, 15) is 16.8 Å². The third-order valence-electron chi connectivity index (χ3n) is 1.89. The Kier molecular flexibility index (Phi) is 6.51. The Morgan fingerprint density at radius 3 is 2.06 bits per heavy atom. The van der Waals surface area contributed by atoms with Crippen LogP contribution in [0.1, 0.15) is 19.8 Å². The number of aliphatic hydroxyl groups excluding tert-OH is 1. The van der Waals surface area contributed by atoms with E-state index < -0.39 is 43.9 Å². The van der Waals surface area contributed by atoms with Crippen LogP contribution in [0.5, 0.6) is 0 Å². The van der Waals surface area contributed by atoms with Crippen molar-refractivity contribution in [3.63, 3.8) is 0 Å². The smallest absolute Gasteiger partial charge is 0.292 e. The first-order valence-corrected chi connectivity index (χ1v) is 7.88. The van der Waals surface area contributed by atoms with E-state index in [1.54, 1.807) is 6.92 Å². The molecule has 0 aliphatic heterocycles. The topological polar surface area (TPSA) is 138 Å². The summed E-state index contributed by atoms with van der Waals surface area (Å²) >= 11 is 0. The van der Waals surface area contributed by atoms with Gasteiger partial charge in [0.1, 0.15) is 0 Å². The van der Waals surface area contributed by atoms with E-state index in [1.807, 2.05) is 0 Å². The van der Waals surface area contributed by atoms with Crippen molar-refractivity contribution in [1.82, 2.24) is 0 Å². The zero-order valence-electron chi connectivity index (χ0n) is 9.18. The van der Waals surface area contributed by atoms with Crippen LogP contribution in [0.25, 0.3) is 0 Å². The van der Waals surface area contributed by atoms with Crippen LogP contribution in [0.4, 0.5) is 0 Å². The second kappa shape index (κ2) is 6.61. The molecule has 0 saturated carbocycles. The molecule has 0 aromatic rings. The van der Waals surface area contributed by atoms with Crippen molar-refractivity contribution in [1.29, 1.82) is 0 Å². The minimum Gasteiger partial charge on any atom is -0.391 e. The fraction of sp³-hybridized carbons (Fsp3) is 1.00. The molecule has 0 spiro atoms. The Labute approximate surface area is 100 Å². The van der Waals surface area contributed by atoms with Crippen molar-refractivity contribution in [2.75, 3.05) is 12.4 Å². The highest BCUT2D eigenvalue weighted by atomic mass is 32.2. The Hall–Kier alpha value is -0.260. The fourth-order valence-electron chi connectivity index (χ4n) is 0.900. The summed E-state index contributed by atoms with van der Waals surface area (Å²) in [6.07, 6.45) is -1.21. The van der Waals surface area contributed by atoms with Gasteiger partial charge in [-0.3, -0.25) is 9.11 Å². The van der Waals surface area contributed by atoms with Crippen molar-refractivity contribution in [3.05, 3.63) is 0 Å². The van der Waals surface area contributed by atoms with Gasteiger partial charge in [-0.25, -0.2) is 0 Å². The number of rotatable bonds is 8. The van der Waals surface area contributed by atoms with Crippen LogP contribution in [0.3, 0.4) is 0 Å². The van der Waals surface area contributed by atoms with Crippen LogP contribution in [0, 0.1) is 0 Å². The molecule has 0 aromatic carbocycles. The Morgan fingerprint density at radius 1 is 1.18 bits per heavy atom. The number of hydrogen-bond acceptors (Lipinski definition) is 6. The van der Waals surface area contributed by atoms with Crippen molar-refractivity contribution < 1.29 is 35.8 Å². The van der Waals surface area contributed by atoms with Gasteiger partial charge >= 0.3 is 0 Å². The number of aliphatic hydroxyl groups is 1. The average molecular weight is 292 g/mol. The monoisotopic (exact) mass is 292 g/mol. The first kappa shape index (κ1) is 16.7. The van der Waals surface area contributed by atoms with E-state index >= 15 is 0 Å². The maximum Gasteiger partial charge on any atom is 0.292 e. The molecule has 0 aliphatic rings. The molecule has 17 heavy (non-hydrogen) atoms. The first-order chi connectivity index (χ1) is 7.56. The predicted molar refractivity (Wildman–Crippen MR) is 58.6 cm³/mol. The highest BCUT2D eigenvalue weighted by Crippen LogP contribution is 2.09. The maximum absolute atomic E-state index is 10.8. The van der Waals surface area contributed by atoms with Gasteiger partial charge in [-0.15, -0.1) is 0 Å². The van der Waals surface area contributed by atoms with E-state index in [4.69, 9.17) is 18.9 Å². The van der Waals surface area contributed by atoms with Gasteiger partial charge in [0.05, 0.1) is 18.5 Å². The molecule has 0 amide bonds. The quantitative estimate of drug-likeness (QED) is 0.497.